The molecule has 0 bridgehead atoms. The summed E-state index contributed by atoms with van der Waals surface area (Å²) in [4.78, 5) is 20.9. The van der Waals surface area contributed by atoms with Crippen LogP contribution in [0.5, 0.6) is 0 Å². The van der Waals surface area contributed by atoms with Gasteiger partial charge in [-0.25, -0.2) is 0 Å². The van der Waals surface area contributed by atoms with Gasteiger partial charge in [-0.05, 0) is 27.3 Å². The highest BCUT2D eigenvalue weighted by Crippen LogP contribution is 2.22. The molecule has 1 heterocycles. The third-order valence-corrected chi connectivity index (χ3v) is 2.50. The fraction of sp³-hybridized carbons (Fsp3) is 0.500. The third-order valence-electron chi connectivity index (χ3n) is 1.94. The van der Waals surface area contributed by atoms with Crippen LogP contribution in [0.15, 0.2) is 10.7 Å². The van der Waals surface area contributed by atoms with Gasteiger partial charge in [0.2, 0.25) is 5.91 Å². The maximum atomic E-state index is 10.9. The monoisotopic (exact) mass is 290 g/mol. The summed E-state index contributed by atoms with van der Waals surface area (Å²) < 4.78 is 1.79. The molecule has 8 heteroatoms. The van der Waals surface area contributed by atoms with Crippen LogP contribution in [0.25, 0.3) is 0 Å². The van der Waals surface area contributed by atoms with Gasteiger partial charge >= 0.3 is 5.82 Å². The highest BCUT2D eigenvalue weighted by molar-refractivity contribution is 9.10. The van der Waals surface area contributed by atoms with Gasteiger partial charge in [-0.15, -0.1) is 0 Å². The molecule has 1 rings (SSSR count). The number of rotatable bonds is 5. The largest absolute Gasteiger partial charge is 0.404 e. The molecule has 0 fully saturated rings. The number of aryl methyl sites for hydroxylation is 1. The van der Waals surface area contributed by atoms with E-state index < -0.39 is 4.92 Å². The average molecular weight is 291 g/mol. The van der Waals surface area contributed by atoms with Gasteiger partial charge in [0.25, 0.3) is 0 Å². The number of hydrogen-bond acceptors (Lipinski definition) is 4. The third kappa shape index (κ3) is 3.30. The van der Waals surface area contributed by atoms with Crippen LogP contribution in [-0.2, 0) is 11.3 Å². The summed E-state index contributed by atoms with van der Waals surface area (Å²) in [6, 6.07) is 0. The molecule has 1 amide bonds. The number of aromatic nitrogens is 2. The van der Waals surface area contributed by atoms with Gasteiger partial charge in [-0.1, -0.05) is 0 Å². The average Bonchev–Trinajstić information content (AvgIpc) is 2.59. The Hall–Kier alpha value is -1.44. The lowest BCUT2D eigenvalue weighted by Crippen LogP contribution is -2.17. The van der Waals surface area contributed by atoms with Crippen LogP contribution < -0.4 is 5.32 Å². The van der Waals surface area contributed by atoms with Crippen LogP contribution in [0.3, 0.4) is 0 Å². The van der Waals surface area contributed by atoms with Crippen molar-refractivity contribution in [2.75, 3.05) is 7.05 Å². The van der Waals surface area contributed by atoms with Crippen molar-refractivity contribution < 1.29 is 9.72 Å². The zero-order valence-corrected chi connectivity index (χ0v) is 10.2. The fourth-order valence-corrected chi connectivity index (χ4v) is 1.61. The summed E-state index contributed by atoms with van der Waals surface area (Å²) in [5.41, 5.74) is 0. The summed E-state index contributed by atoms with van der Waals surface area (Å²) >= 11 is 3.05. The van der Waals surface area contributed by atoms with Gasteiger partial charge in [0.1, 0.15) is 4.47 Å². The van der Waals surface area contributed by atoms with Crippen molar-refractivity contribution in [3.8, 4) is 0 Å². The molecule has 0 unspecified atom stereocenters. The highest BCUT2D eigenvalue weighted by atomic mass is 79.9. The minimum atomic E-state index is -0.556. The molecule has 88 valence electrons. The summed E-state index contributed by atoms with van der Waals surface area (Å²) in [5.74, 6) is -0.263. The first-order valence-electron chi connectivity index (χ1n) is 4.62. The Balaban J connectivity index is 2.52. The molecular weight excluding hydrogens is 280 g/mol. The lowest BCUT2D eigenvalue weighted by molar-refractivity contribution is -0.390. The number of nitrogens with zero attached hydrogens (tertiary/aromatic N) is 3. The molecule has 0 atom stereocenters. The van der Waals surface area contributed by atoms with Crippen molar-refractivity contribution in [2.24, 2.45) is 0 Å². The Bertz CT molecular complexity index is 404. The van der Waals surface area contributed by atoms with Crippen LogP contribution >= 0.6 is 15.9 Å². The normalized spacial score (nSPS) is 10.1. The highest BCUT2D eigenvalue weighted by Gasteiger charge is 2.18. The lowest BCUT2D eigenvalue weighted by Gasteiger charge is -1.97. The second-order valence-corrected chi connectivity index (χ2v) is 3.95. The standard InChI is InChI=1S/C8H11BrN4O3/c1-10-7(14)3-2-4-12-5-6(9)8(11-12)13(15)16/h5H,2-4H2,1H3,(H,10,14). The van der Waals surface area contributed by atoms with Crippen molar-refractivity contribution in [1.29, 1.82) is 0 Å². The summed E-state index contributed by atoms with van der Waals surface area (Å²) in [7, 11) is 1.57. The smallest absolute Gasteiger partial charge is 0.359 e. The second kappa shape index (κ2) is 5.59. The van der Waals surface area contributed by atoms with Crippen LogP contribution in [0.2, 0.25) is 0 Å². The molecule has 0 spiro atoms. The minimum absolute atomic E-state index is 0.0549. The molecule has 0 aliphatic carbocycles. The molecule has 0 aromatic carbocycles. The number of carbonyl (C=O) groups excluding carboxylic acids is 1. The van der Waals surface area contributed by atoms with Crippen molar-refractivity contribution in [2.45, 2.75) is 19.4 Å². The van der Waals surface area contributed by atoms with E-state index in [4.69, 9.17) is 0 Å². The van der Waals surface area contributed by atoms with E-state index in [9.17, 15) is 14.9 Å². The maximum absolute atomic E-state index is 10.9. The van der Waals surface area contributed by atoms with E-state index in [0.717, 1.165) is 0 Å². The molecule has 1 N–H and O–H groups in total. The summed E-state index contributed by atoms with van der Waals surface area (Å²) in [6.07, 6.45) is 2.49. The molecule has 0 saturated heterocycles. The predicted octanol–water partition coefficient (Wildman–Crippen LogP) is 1.08. The first-order valence-corrected chi connectivity index (χ1v) is 5.42. The van der Waals surface area contributed by atoms with Crippen molar-refractivity contribution >= 4 is 27.7 Å². The topological polar surface area (TPSA) is 90.1 Å². The van der Waals surface area contributed by atoms with E-state index in [2.05, 4.69) is 26.3 Å². The van der Waals surface area contributed by atoms with Gasteiger partial charge < -0.3 is 15.4 Å². The first kappa shape index (κ1) is 12.6. The Morgan fingerprint density at radius 3 is 2.94 bits per heavy atom. The van der Waals surface area contributed by atoms with Crippen molar-refractivity contribution in [1.82, 2.24) is 15.1 Å². The van der Waals surface area contributed by atoms with E-state index in [1.807, 2.05) is 0 Å². The van der Waals surface area contributed by atoms with E-state index in [-0.39, 0.29) is 11.7 Å². The quantitative estimate of drug-likeness (QED) is 0.649. The molecule has 0 aliphatic rings. The zero-order valence-electron chi connectivity index (χ0n) is 8.64. The van der Waals surface area contributed by atoms with Crippen LogP contribution in [0.1, 0.15) is 12.8 Å². The molecule has 16 heavy (non-hydrogen) atoms. The second-order valence-electron chi connectivity index (χ2n) is 3.10. The van der Waals surface area contributed by atoms with Gasteiger partial charge in [0.15, 0.2) is 0 Å². The lowest BCUT2D eigenvalue weighted by atomic mass is 10.3. The Labute approximate surface area is 100 Å². The molecule has 7 nitrogen and oxygen atoms in total. The number of amides is 1. The first-order chi connectivity index (χ1) is 7.54. The van der Waals surface area contributed by atoms with Crippen LogP contribution in [0.4, 0.5) is 5.82 Å². The van der Waals surface area contributed by atoms with Gasteiger partial charge in [-0.3, -0.25) is 4.79 Å². The number of nitro groups is 1. The predicted molar refractivity (Wildman–Crippen MR) is 59.9 cm³/mol. The van der Waals surface area contributed by atoms with Gasteiger partial charge in [0.05, 0.1) is 17.8 Å². The van der Waals surface area contributed by atoms with Crippen LogP contribution in [0, 0.1) is 10.1 Å². The SMILES string of the molecule is CNC(=O)CCCn1cc(Br)c([N+](=O)[O-])n1. The minimum Gasteiger partial charge on any atom is -0.359 e. The van der Waals surface area contributed by atoms with E-state index >= 15 is 0 Å². The fourth-order valence-electron chi connectivity index (χ4n) is 1.15. The summed E-state index contributed by atoms with van der Waals surface area (Å²) in [5, 5.41) is 16.8. The molecule has 0 saturated carbocycles. The number of nitrogens with one attached hydrogen (secondary N) is 1. The van der Waals surface area contributed by atoms with Gasteiger partial charge in [0, 0.05) is 13.5 Å². The number of halogens is 1. The molecule has 0 aliphatic heterocycles. The molecular formula is C8H11BrN4O3. The van der Waals surface area contributed by atoms with Gasteiger partial charge in [-0.2, -0.15) is 4.68 Å². The maximum Gasteiger partial charge on any atom is 0.404 e. The van der Waals surface area contributed by atoms with Crippen molar-refractivity contribution in [3.05, 3.63) is 20.8 Å². The van der Waals surface area contributed by atoms with E-state index in [0.29, 0.717) is 23.9 Å². The van der Waals surface area contributed by atoms with Crippen LogP contribution in [-0.4, -0.2) is 27.7 Å². The number of carbonyl (C=O) groups is 1. The molecule has 1 aromatic heterocycles. The van der Waals surface area contributed by atoms with E-state index in [1.54, 1.807) is 7.05 Å². The Morgan fingerprint density at radius 1 is 1.75 bits per heavy atom. The molecule has 0 radical (unpaired) electrons. The molecule has 1 aromatic rings. The van der Waals surface area contributed by atoms with E-state index in [1.165, 1.54) is 10.9 Å². The Kier molecular flexibility index (Phi) is 4.41. The Morgan fingerprint density at radius 2 is 2.44 bits per heavy atom. The zero-order chi connectivity index (χ0) is 12.1. The summed E-state index contributed by atoms with van der Waals surface area (Å²) in [6.45, 7) is 0.472. The van der Waals surface area contributed by atoms with Crippen molar-refractivity contribution in [3.63, 3.8) is 0 Å². The number of hydrogen-bond donors (Lipinski definition) is 1.